The Morgan fingerprint density at radius 3 is 2.39 bits per heavy atom. The Morgan fingerprint density at radius 2 is 1.94 bits per heavy atom. The van der Waals surface area contributed by atoms with Gasteiger partial charge in [-0.1, -0.05) is 0 Å². The summed E-state index contributed by atoms with van der Waals surface area (Å²) in [5.41, 5.74) is -1.44. The highest BCUT2D eigenvalue weighted by molar-refractivity contribution is 6.06. The smallest absolute Gasteiger partial charge is 0.325 e. The molecule has 0 aliphatic carbocycles. The minimum atomic E-state index is -0.798. The van der Waals surface area contributed by atoms with E-state index in [0.717, 1.165) is 13.0 Å². The fourth-order valence-corrected chi connectivity index (χ4v) is 2.49. The van der Waals surface area contributed by atoms with E-state index in [1.54, 1.807) is 13.8 Å². The highest BCUT2D eigenvalue weighted by Gasteiger charge is 2.44. The van der Waals surface area contributed by atoms with Gasteiger partial charge in [0, 0.05) is 26.2 Å². The van der Waals surface area contributed by atoms with Crippen molar-refractivity contribution in [3.05, 3.63) is 0 Å². The molecule has 0 bridgehead atoms. The van der Waals surface area contributed by atoms with Crippen LogP contribution < -0.4 is 5.32 Å². The van der Waals surface area contributed by atoms with Crippen LogP contribution in [0.5, 0.6) is 0 Å². The lowest BCUT2D eigenvalue weighted by atomic mass is 10.1. The molecular formula is C12H21N3O3. The van der Waals surface area contributed by atoms with Gasteiger partial charge in [0.25, 0.3) is 5.91 Å². The minimum Gasteiger partial charge on any atom is -0.389 e. The zero-order valence-corrected chi connectivity index (χ0v) is 11.2. The molecule has 6 heteroatoms. The first-order chi connectivity index (χ1) is 8.21. The Labute approximate surface area is 107 Å². The van der Waals surface area contributed by atoms with Crippen LogP contribution in [0.15, 0.2) is 0 Å². The first kappa shape index (κ1) is 13.3. The van der Waals surface area contributed by atoms with Crippen LogP contribution in [-0.4, -0.2) is 64.2 Å². The van der Waals surface area contributed by atoms with Gasteiger partial charge in [0.1, 0.15) is 5.54 Å². The van der Waals surface area contributed by atoms with Crippen molar-refractivity contribution >= 4 is 11.9 Å². The van der Waals surface area contributed by atoms with E-state index in [2.05, 4.69) is 10.2 Å². The summed E-state index contributed by atoms with van der Waals surface area (Å²) < 4.78 is 0. The molecule has 2 aliphatic rings. The van der Waals surface area contributed by atoms with Crippen LogP contribution in [0, 0.1) is 0 Å². The van der Waals surface area contributed by atoms with Gasteiger partial charge in [0.05, 0.1) is 5.60 Å². The summed E-state index contributed by atoms with van der Waals surface area (Å²) in [6, 6.07) is -0.323. The molecule has 1 atom stereocenters. The van der Waals surface area contributed by atoms with E-state index in [1.165, 1.54) is 4.90 Å². The Bertz CT molecular complexity index is 379. The van der Waals surface area contributed by atoms with Gasteiger partial charge in [-0.2, -0.15) is 0 Å². The maximum Gasteiger partial charge on any atom is 0.325 e. The van der Waals surface area contributed by atoms with E-state index in [9.17, 15) is 14.7 Å². The molecule has 18 heavy (non-hydrogen) atoms. The molecule has 1 unspecified atom stereocenters. The van der Waals surface area contributed by atoms with E-state index in [1.807, 2.05) is 6.92 Å². The number of nitrogens with one attached hydrogen (secondary N) is 1. The molecule has 2 saturated heterocycles. The van der Waals surface area contributed by atoms with Crippen LogP contribution in [0.25, 0.3) is 0 Å². The quantitative estimate of drug-likeness (QED) is 0.684. The molecule has 0 spiro atoms. The summed E-state index contributed by atoms with van der Waals surface area (Å²) in [5, 5.41) is 12.5. The third-order valence-corrected chi connectivity index (χ3v) is 3.62. The van der Waals surface area contributed by atoms with Crippen molar-refractivity contribution in [1.82, 2.24) is 15.1 Å². The number of likely N-dealkylation sites (tertiary alicyclic amines) is 1. The molecule has 2 N–H and O–H groups in total. The Morgan fingerprint density at radius 1 is 1.28 bits per heavy atom. The number of imide groups is 1. The second-order valence-electron chi connectivity index (χ2n) is 6.04. The number of rotatable bonds is 3. The van der Waals surface area contributed by atoms with Crippen molar-refractivity contribution in [1.29, 1.82) is 0 Å². The van der Waals surface area contributed by atoms with Crippen molar-refractivity contribution < 1.29 is 14.7 Å². The largest absolute Gasteiger partial charge is 0.389 e. The number of hydrogen-bond donors (Lipinski definition) is 2. The lowest BCUT2D eigenvalue weighted by molar-refractivity contribution is -0.130. The van der Waals surface area contributed by atoms with Crippen molar-refractivity contribution in [2.75, 3.05) is 26.2 Å². The summed E-state index contributed by atoms with van der Waals surface area (Å²) in [6.07, 6.45) is 0.735. The number of carbonyl (C=O) groups is 2. The SMILES string of the molecule is CC1(O)CCN(CCN2C(=O)NC(C)(C)C2=O)C1. The number of nitrogens with zero attached hydrogens (tertiary/aromatic N) is 2. The third-order valence-electron chi connectivity index (χ3n) is 3.62. The zero-order valence-electron chi connectivity index (χ0n) is 11.2. The van der Waals surface area contributed by atoms with E-state index in [-0.39, 0.29) is 11.9 Å². The zero-order chi connectivity index (χ0) is 13.6. The van der Waals surface area contributed by atoms with Gasteiger partial charge in [-0.3, -0.25) is 14.6 Å². The van der Waals surface area contributed by atoms with Crippen LogP contribution in [0.1, 0.15) is 27.2 Å². The number of urea groups is 1. The normalized spacial score (nSPS) is 32.1. The molecule has 2 rings (SSSR count). The molecule has 6 nitrogen and oxygen atoms in total. The summed E-state index contributed by atoms with van der Waals surface area (Å²) in [4.78, 5) is 26.9. The van der Waals surface area contributed by atoms with Crippen molar-refractivity contribution in [3.63, 3.8) is 0 Å². The number of β-amino-alcohol motifs (C(OH)–C–C–N with tert-alkyl or cyclic N) is 1. The van der Waals surface area contributed by atoms with E-state index in [0.29, 0.717) is 19.6 Å². The van der Waals surface area contributed by atoms with E-state index in [4.69, 9.17) is 0 Å². The first-order valence-corrected chi connectivity index (χ1v) is 6.30. The van der Waals surface area contributed by atoms with Gasteiger partial charge in [-0.25, -0.2) is 4.79 Å². The molecule has 2 heterocycles. The van der Waals surface area contributed by atoms with Gasteiger partial charge < -0.3 is 10.4 Å². The lowest BCUT2D eigenvalue weighted by Crippen LogP contribution is -2.42. The van der Waals surface area contributed by atoms with Gasteiger partial charge >= 0.3 is 6.03 Å². The molecule has 3 amide bonds. The first-order valence-electron chi connectivity index (χ1n) is 6.30. The van der Waals surface area contributed by atoms with Crippen LogP contribution >= 0.6 is 0 Å². The molecule has 0 aromatic rings. The highest BCUT2D eigenvalue weighted by atomic mass is 16.3. The van der Waals surface area contributed by atoms with Crippen LogP contribution in [0.2, 0.25) is 0 Å². The minimum absolute atomic E-state index is 0.182. The van der Waals surface area contributed by atoms with Crippen LogP contribution in [-0.2, 0) is 4.79 Å². The second kappa shape index (κ2) is 4.20. The summed E-state index contributed by atoms with van der Waals surface area (Å²) in [6.45, 7) is 7.61. The Balaban J connectivity index is 1.88. The third kappa shape index (κ3) is 2.49. The number of carbonyl (C=O) groups excluding carboxylic acids is 2. The van der Waals surface area contributed by atoms with Crippen LogP contribution in [0.4, 0.5) is 4.79 Å². The summed E-state index contributed by atoms with van der Waals surface area (Å²) in [7, 11) is 0. The molecule has 0 saturated carbocycles. The summed E-state index contributed by atoms with van der Waals surface area (Å²) >= 11 is 0. The standard InChI is InChI=1S/C12H21N3O3/c1-11(2)9(16)15(10(17)13-11)7-6-14-5-4-12(3,18)8-14/h18H,4-8H2,1-3H3,(H,13,17). The second-order valence-corrected chi connectivity index (χ2v) is 6.04. The van der Waals surface area contributed by atoms with Crippen molar-refractivity contribution in [3.8, 4) is 0 Å². The topological polar surface area (TPSA) is 72.9 Å². The van der Waals surface area contributed by atoms with Crippen molar-refractivity contribution in [2.45, 2.75) is 38.3 Å². The average molecular weight is 255 g/mol. The van der Waals surface area contributed by atoms with E-state index < -0.39 is 11.1 Å². The number of amides is 3. The average Bonchev–Trinajstić information content (AvgIpc) is 2.65. The maximum absolute atomic E-state index is 11.9. The molecule has 0 aromatic carbocycles. The highest BCUT2D eigenvalue weighted by Crippen LogP contribution is 2.21. The molecular weight excluding hydrogens is 234 g/mol. The van der Waals surface area contributed by atoms with Gasteiger partial charge in [0.15, 0.2) is 0 Å². The van der Waals surface area contributed by atoms with Crippen molar-refractivity contribution in [2.24, 2.45) is 0 Å². The van der Waals surface area contributed by atoms with E-state index >= 15 is 0 Å². The maximum atomic E-state index is 11.9. The fourth-order valence-electron chi connectivity index (χ4n) is 2.49. The van der Waals surface area contributed by atoms with Gasteiger partial charge in [-0.05, 0) is 27.2 Å². The Kier molecular flexibility index (Phi) is 3.11. The lowest BCUT2D eigenvalue weighted by Gasteiger charge is -2.21. The molecule has 2 fully saturated rings. The monoisotopic (exact) mass is 255 g/mol. The molecule has 2 aliphatic heterocycles. The predicted molar refractivity (Wildman–Crippen MR) is 66.0 cm³/mol. The predicted octanol–water partition coefficient (Wildman–Crippen LogP) is -0.226. The molecule has 102 valence electrons. The Hall–Kier alpha value is -1.14. The summed E-state index contributed by atoms with van der Waals surface area (Å²) in [5.74, 6) is -0.182. The van der Waals surface area contributed by atoms with Gasteiger partial charge in [-0.15, -0.1) is 0 Å². The van der Waals surface area contributed by atoms with Gasteiger partial charge in [0.2, 0.25) is 0 Å². The molecule has 0 aromatic heterocycles. The van der Waals surface area contributed by atoms with Crippen LogP contribution in [0.3, 0.4) is 0 Å². The fraction of sp³-hybridized carbons (Fsp3) is 0.833. The number of aliphatic hydroxyl groups is 1. The number of hydrogen-bond acceptors (Lipinski definition) is 4. The molecule has 0 radical (unpaired) electrons.